The Balaban J connectivity index is 2.34. The Bertz CT molecular complexity index is 611. The Morgan fingerprint density at radius 2 is 1.67 bits per heavy atom. The fraction of sp³-hybridized carbons (Fsp3) is 0.500. The van der Waals surface area contributed by atoms with Gasteiger partial charge in [0.1, 0.15) is 5.82 Å². The van der Waals surface area contributed by atoms with E-state index in [1.807, 2.05) is 34.6 Å². The van der Waals surface area contributed by atoms with Gasteiger partial charge in [0.2, 0.25) is 5.89 Å². The van der Waals surface area contributed by atoms with Gasteiger partial charge in [0.15, 0.2) is 5.82 Å². The summed E-state index contributed by atoms with van der Waals surface area (Å²) in [5.41, 5.74) is 6.42. The number of benzene rings is 1. The molecule has 2 rings (SSSR count). The van der Waals surface area contributed by atoms with Crippen molar-refractivity contribution in [3.63, 3.8) is 0 Å². The van der Waals surface area contributed by atoms with Gasteiger partial charge in [0, 0.05) is 0 Å². The van der Waals surface area contributed by atoms with Crippen molar-refractivity contribution < 1.29 is 8.91 Å². The van der Waals surface area contributed by atoms with Crippen molar-refractivity contribution in [2.24, 2.45) is 11.1 Å². The Morgan fingerprint density at radius 3 is 2.19 bits per heavy atom. The molecule has 0 saturated carbocycles. The van der Waals surface area contributed by atoms with E-state index >= 15 is 0 Å². The molecule has 0 amide bonds. The molecule has 1 atom stereocenters. The Morgan fingerprint density at radius 1 is 1.10 bits per heavy atom. The number of rotatable bonds is 3. The molecule has 2 aromatic rings. The van der Waals surface area contributed by atoms with Crippen molar-refractivity contribution in [1.29, 1.82) is 0 Å². The zero-order valence-corrected chi connectivity index (χ0v) is 13.1. The van der Waals surface area contributed by atoms with Gasteiger partial charge in [0.25, 0.3) is 0 Å². The predicted octanol–water partition coefficient (Wildman–Crippen LogP) is 3.58. The van der Waals surface area contributed by atoms with Gasteiger partial charge < -0.3 is 10.3 Å². The second kappa shape index (κ2) is 5.22. The van der Waals surface area contributed by atoms with Gasteiger partial charge in [-0.1, -0.05) is 38.1 Å². The summed E-state index contributed by atoms with van der Waals surface area (Å²) in [5.74, 6) is 0.703. The number of nitrogens with two attached hydrogens (primary N) is 1. The normalized spacial score (nSPS) is 14.2. The quantitative estimate of drug-likeness (QED) is 0.938. The van der Waals surface area contributed by atoms with Gasteiger partial charge in [-0.05, 0) is 37.0 Å². The molecule has 1 aromatic heterocycles. The number of aromatic nitrogens is 2. The molecular weight excluding hydrogens is 269 g/mol. The lowest BCUT2D eigenvalue weighted by Crippen LogP contribution is -2.27. The van der Waals surface area contributed by atoms with Gasteiger partial charge in [-0.2, -0.15) is 4.98 Å². The van der Waals surface area contributed by atoms with E-state index in [1.54, 1.807) is 12.1 Å². The lowest BCUT2D eigenvalue weighted by Gasteiger charge is -2.23. The third-order valence-corrected chi connectivity index (χ3v) is 3.77. The second-order valence-corrected chi connectivity index (χ2v) is 6.93. The van der Waals surface area contributed by atoms with Crippen LogP contribution >= 0.6 is 0 Å². The molecule has 1 heterocycles. The number of halogens is 1. The molecule has 0 aliphatic carbocycles. The summed E-state index contributed by atoms with van der Waals surface area (Å²) >= 11 is 0. The summed E-state index contributed by atoms with van der Waals surface area (Å²) in [6, 6.07) is 5.99. The molecule has 1 unspecified atom stereocenters. The second-order valence-electron chi connectivity index (χ2n) is 6.93. The van der Waals surface area contributed by atoms with Gasteiger partial charge in [-0.3, -0.25) is 0 Å². The van der Waals surface area contributed by atoms with Gasteiger partial charge in [-0.15, -0.1) is 0 Å². The Kier molecular flexibility index (Phi) is 3.89. The first kappa shape index (κ1) is 15.6. The topological polar surface area (TPSA) is 64.9 Å². The first-order valence-corrected chi connectivity index (χ1v) is 6.98. The van der Waals surface area contributed by atoms with Crippen LogP contribution in [0.4, 0.5) is 4.39 Å². The van der Waals surface area contributed by atoms with Crippen LogP contribution in [-0.4, -0.2) is 10.1 Å². The Hall–Kier alpha value is -1.75. The van der Waals surface area contributed by atoms with Crippen LogP contribution in [0.5, 0.6) is 0 Å². The first-order chi connectivity index (χ1) is 9.62. The summed E-state index contributed by atoms with van der Waals surface area (Å²) in [7, 11) is 0. The van der Waals surface area contributed by atoms with Crippen molar-refractivity contribution in [3.05, 3.63) is 47.4 Å². The van der Waals surface area contributed by atoms with Crippen LogP contribution in [0.3, 0.4) is 0 Å². The smallest absolute Gasteiger partial charge is 0.244 e. The molecule has 0 bridgehead atoms. The summed E-state index contributed by atoms with van der Waals surface area (Å²) < 4.78 is 18.4. The van der Waals surface area contributed by atoms with Crippen molar-refractivity contribution in [2.75, 3.05) is 0 Å². The molecule has 0 fully saturated rings. The summed E-state index contributed by atoms with van der Waals surface area (Å²) in [6.45, 7) is 10.0. The lowest BCUT2D eigenvalue weighted by atomic mass is 9.83. The van der Waals surface area contributed by atoms with E-state index in [2.05, 4.69) is 10.1 Å². The SMILES string of the molecule is CC(C)(c1ccc(F)cc1)c1noc(C(N)C(C)(C)C)n1. The largest absolute Gasteiger partial charge is 0.338 e. The average Bonchev–Trinajstić information content (AvgIpc) is 2.87. The maximum absolute atomic E-state index is 13.1. The molecule has 5 heteroatoms. The molecule has 4 nitrogen and oxygen atoms in total. The molecule has 1 aromatic carbocycles. The van der Waals surface area contributed by atoms with Crippen molar-refractivity contribution in [1.82, 2.24) is 10.1 Å². The van der Waals surface area contributed by atoms with E-state index < -0.39 is 5.41 Å². The van der Waals surface area contributed by atoms with E-state index in [0.717, 1.165) is 5.56 Å². The summed E-state index contributed by atoms with van der Waals surface area (Å²) in [5, 5.41) is 4.06. The minimum absolute atomic E-state index is 0.163. The maximum Gasteiger partial charge on any atom is 0.244 e. The van der Waals surface area contributed by atoms with Gasteiger partial charge in [-0.25, -0.2) is 4.39 Å². The van der Waals surface area contributed by atoms with Crippen molar-refractivity contribution in [3.8, 4) is 0 Å². The molecule has 0 radical (unpaired) electrons. The standard InChI is InChI=1S/C16H22FN3O/c1-15(2,3)12(18)13-19-14(20-21-13)16(4,5)10-6-8-11(17)9-7-10/h6-9,12H,18H2,1-5H3. The molecule has 0 saturated heterocycles. The number of hydrogen-bond acceptors (Lipinski definition) is 4. The maximum atomic E-state index is 13.1. The van der Waals surface area contributed by atoms with Gasteiger partial charge in [0.05, 0.1) is 11.5 Å². The van der Waals surface area contributed by atoms with Crippen molar-refractivity contribution in [2.45, 2.75) is 46.1 Å². The number of nitrogens with zero attached hydrogens (tertiary/aromatic N) is 2. The molecule has 2 N–H and O–H groups in total. The van der Waals surface area contributed by atoms with E-state index in [9.17, 15) is 4.39 Å². The summed E-state index contributed by atoms with van der Waals surface area (Å²) in [4.78, 5) is 4.45. The van der Waals surface area contributed by atoms with Crippen LogP contribution in [0.1, 0.15) is 57.9 Å². The minimum atomic E-state index is -0.479. The van der Waals surface area contributed by atoms with E-state index in [-0.39, 0.29) is 17.3 Å². The molecule has 0 aliphatic rings. The van der Waals surface area contributed by atoms with Crippen LogP contribution in [-0.2, 0) is 5.41 Å². The van der Waals surface area contributed by atoms with Crippen LogP contribution in [0.25, 0.3) is 0 Å². The molecule has 114 valence electrons. The zero-order chi connectivity index (χ0) is 15.8. The highest BCUT2D eigenvalue weighted by Gasteiger charge is 2.32. The highest BCUT2D eigenvalue weighted by Crippen LogP contribution is 2.33. The summed E-state index contributed by atoms with van der Waals surface area (Å²) in [6.07, 6.45) is 0. The van der Waals surface area contributed by atoms with Crippen LogP contribution in [0.2, 0.25) is 0 Å². The van der Waals surface area contributed by atoms with E-state index in [1.165, 1.54) is 12.1 Å². The highest BCUT2D eigenvalue weighted by atomic mass is 19.1. The molecule has 0 spiro atoms. The van der Waals surface area contributed by atoms with Crippen LogP contribution in [0, 0.1) is 11.2 Å². The predicted molar refractivity (Wildman–Crippen MR) is 79.2 cm³/mol. The fourth-order valence-corrected chi connectivity index (χ4v) is 1.98. The average molecular weight is 291 g/mol. The Labute approximate surface area is 124 Å². The third kappa shape index (κ3) is 3.13. The third-order valence-electron chi connectivity index (χ3n) is 3.77. The first-order valence-electron chi connectivity index (χ1n) is 6.98. The minimum Gasteiger partial charge on any atom is -0.338 e. The fourth-order valence-electron chi connectivity index (χ4n) is 1.98. The molecule has 0 aliphatic heterocycles. The van der Waals surface area contributed by atoms with E-state index in [0.29, 0.717) is 11.7 Å². The van der Waals surface area contributed by atoms with Gasteiger partial charge >= 0.3 is 0 Å². The highest BCUT2D eigenvalue weighted by molar-refractivity contribution is 5.30. The van der Waals surface area contributed by atoms with E-state index in [4.69, 9.17) is 10.3 Å². The lowest BCUT2D eigenvalue weighted by molar-refractivity contribution is 0.251. The molecular formula is C16H22FN3O. The van der Waals surface area contributed by atoms with Crippen LogP contribution < -0.4 is 5.73 Å². The zero-order valence-electron chi connectivity index (χ0n) is 13.1. The van der Waals surface area contributed by atoms with Crippen molar-refractivity contribution >= 4 is 0 Å². The number of hydrogen-bond donors (Lipinski definition) is 1. The molecule has 21 heavy (non-hydrogen) atoms. The monoisotopic (exact) mass is 291 g/mol. The van der Waals surface area contributed by atoms with Crippen LogP contribution in [0.15, 0.2) is 28.8 Å².